The highest BCUT2D eigenvalue weighted by atomic mass is 16.4. The molecular weight excluding hydrogens is 230 g/mol. The monoisotopic (exact) mass is 245 g/mol. The number of hydrogen-bond acceptors (Lipinski definition) is 3. The number of para-hydroxylation sites is 1. The van der Waals surface area contributed by atoms with Crippen molar-refractivity contribution >= 4 is 5.97 Å². The van der Waals surface area contributed by atoms with Crippen LogP contribution < -0.4 is 0 Å². The van der Waals surface area contributed by atoms with Gasteiger partial charge in [-0.15, -0.1) is 5.10 Å². The summed E-state index contributed by atoms with van der Waals surface area (Å²) in [5.74, 6) is -0.899. The van der Waals surface area contributed by atoms with Crippen molar-refractivity contribution in [2.24, 2.45) is 0 Å². The number of aliphatic carboxylic acids is 1. The zero-order chi connectivity index (χ0) is 13.0. The smallest absolute Gasteiger partial charge is 0.309 e. The number of carboxylic acids is 1. The lowest BCUT2D eigenvalue weighted by atomic mass is 10.1. The molecule has 2 aromatic rings. The van der Waals surface area contributed by atoms with Gasteiger partial charge in [0.05, 0.1) is 24.0 Å². The van der Waals surface area contributed by atoms with E-state index in [0.717, 1.165) is 18.5 Å². The lowest BCUT2D eigenvalue weighted by molar-refractivity contribution is -0.136. The van der Waals surface area contributed by atoms with Crippen molar-refractivity contribution in [2.45, 2.75) is 26.2 Å². The molecule has 2 rings (SSSR count). The number of aromatic nitrogens is 3. The SMILES string of the molecule is CCCc1ccccc1-n1cc(CC(=O)O)nn1. The summed E-state index contributed by atoms with van der Waals surface area (Å²) in [4.78, 5) is 10.6. The van der Waals surface area contributed by atoms with Crippen LogP contribution in [0.5, 0.6) is 0 Å². The van der Waals surface area contributed by atoms with Crippen LogP contribution in [0.3, 0.4) is 0 Å². The third-order valence-corrected chi connectivity index (χ3v) is 2.63. The molecule has 0 aliphatic rings. The van der Waals surface area contributed by atoms with Crippen LogP contribution >= 0.6 is 0 Å². The third kappa shape index (κ3) is 2.74. The first-order valence-corrected chi connectivity index (χ1v) is 5.92. The van der Waals surface area contributed by atoms with E-state index in [2.05, 4.69) is 23.3 Å². The number of benzene rings is 1. The molecule has 5 nitrogen and oxygen atoms in total. The van der Waals surface area contributed by atoms with Crippen LogP contribution in [0.4, 0.5) is 0 Å². The van der Waals surface area contributed by atoms with Gasteiger partial charge in [-0.3, -0.25) is 4.79 Å². The molecule has 0 atom stereocenters. The largest absolute Gasteiger partial charge is 0.481 e. The molecule has 0 radical (unpaired) electrons. The van der Waals surface area contributed by atoms with Gasteiger partial charge in [-0.25, -0.2) is 4.68 Å². The van der Waals surface area contributed by atoms with E-state index >= 15 is 0 Å². The van der Waals surface area contributed by atoms with E-state index in [0.29, 0.717) is 5.69 Å². The molecule has 5 heteroatoms. The first-order valence-electron chi connectivity index (χ1n) is 5.92. The number of hydrogen-bond donors (Lipinski definition) is 1. The maximum Gasteiger partial charge on any atom is 0.309 e. The molecule has 0 unspecified atom stereocenters. The van der Waals surface area contributed by atoms with Crippen molar-refractivity contribution in [3.8, 4) is 5.69 Å². The minimum absolute atomic E-state index is 0.101. The fourth-order valence-corrected chi connectivity index (χ4v) is 1.87. The van der Waals surface area contributed by atoms with E-state index < -0.39 is 5.97 Å². The van der Waals surface area contributed by atoms with Gasteiger partial charge in [0.1, 0.15) is 0 Å². The van der Waals surface area contributed by atoms with Gasteiger partial charge in [0.25, 0.3) is 0 Å². The van der Waals surface area contributed by atoms with Gasteiger partial charge in [-0.2, -0.15) is 0 Å². The highest BCUT2D eigenvalue weighted by Crippen LogP contribution is 2.15. The molecule has 0 spiro atoms. The topological polar surface area (TPSA) is 68.0 Å². The Kier molecular flexibility index (Phi) is 3.72. The fraction of sp³-hybridized carbons (Fsp3) is 0.308. The first kappa shape index (κ1) is 12.3. The van der Waals surface area contributed by atoms with Gasteiger partial charge in [-0.1, -0.05) is 36.8 Å². The van der Waals surface area contributed by atoms with Gasteiger partial charge in [-0.05, 0) is 18.1 Å². The van der Waals surface area contributed by atoms with Crippen LogP contribution in [0.25, 0.3) is 5.69 Å². The van der Waals surface area contributed by atoms with Crippen LogP contribution in [-0.2, 0) is 17.6 Å². The van der Waals surface area contributed by atoms with Crippen molar-refractivity contribution in [1.29, 1.82) is 0 Å². The summed E-state index contributed by atoms with van der Waals surface area (Å²) in [6.45, 7) is 2.12. The van der Waals surface area contributed by atoms with Crippen molar-refractivity contribution in [3.63, 3.8) is 0 Å². The summed E-state index contributed by atoms with van der Waals surface area (Å²) in [7, 11) is 0. The molecule has 1 heterocycles. The van der Waals surface area contributed by atoms with E-state index in [1.807, 2.05) is 18.2 Å². The molecule has 0 amide bonds. The standard InChI is InChI=1S/C13H15N3O2/c1-2-5-10-6-3-4-7-12(10)16-9-11(14-15-16)8-13(17)18/h3-4,6-7,9H,2,5,8H2,1H3,(H,17,18). The van der Waals surface area contributed by atoms with Crippen molar-refractivity contribution in [2.75, 3.05) is 0 Å². The van der Waals surface area contributed by atoms with Gasteiger partial charge in [0, 0.05) is 0 Å². The van der Waals surface area contributed by atoms with Gasteiger partial charge in [0.2, 0.25) is 0 Å². The van der Waals surface area contributed by atoms with Gasteiger partial charge < -0.3 is 5.11 Å². The maximum absolute atomic E-state index is 10.6. The third-order valence-electron chi connectivity index (χ3n) is 2.63. The Balaban J connectivity index is 2.30. The minimum Gasteiger partial charge on any atom is -0.481 e. The molecule has 0 saturated carbocycles. The quantitative estimate of drug-likeness (QED) is 0.872. The van der Waals surface area contributed by atoms with Crippen LogP contribution in [0.1, 0.15) is 24.6 Å². The molecule has 0 saturated heterocycles. The second kappa shape index (κ2) is 5.44. The zero-order valence-electron chi connectivity index (χ0n) is 10.2. The van der Waals surface area contributed by atoms with Crippen LogP contribution in [-0.4, -0.2) is 26.1 Å². The Labute approximate surface area is 105 Å². The van der Waals surface area contributed by atoms with Crippen molar-refractivity contribution < 1.29 is 9.90 Å². The average molecular weight is 245 g/mol. The maximum atomic E-state index is 10.6. The predicted molar refractivity (Wildman–Crippen MR) is 66.7 cm³/mol. The summed E-state index contributed by atoms with van der Waals surface area (Å²) < 4.78 is 1.64. The highest BCUT2D eigenvalue weighted by Gasteiger charge is 2.09. The van der Waals surface area contributed by atoms with E-state index in [9.17, 15) is 4.79 Å². The second-order valence-corrected chi connectivity index (χ2v) is 4.10. The van der Waals surface area contributed by atoms with Crippen LogP contribution in [0.2, 0.25) is 0 Å². The van der Waals surface area contributed by atoms with Crippen molar-refractivity contribution in [1.82, 2.24) is 15.0 Å². The molecule has 1 aromatic heterocycles. The van der Waals surface area contributed by atoms with Crippen LogP contribution in [0.15, 0.2) is 30.5 Å². The first-order chi connectivity index (χ1) is 8.70. The molecule has 1 aromatic carbocycles. The summed E-state index contributed by atoms with van der Waals surface area (Å²) >= 11 is 0. The molecular formula is C13H15N3O2. The predicted octanol–water partition coefficient (Wildman–Crippen LogP) is 1.85. The Morgan fingerprint density at radius 3 is 2.89 bits per heavy atom. The van der Waals surface area contributed by atoms with E-state index in [1.54, 1.807) is 10.9 Å². The minimum atomic E-state index is -0.899. The summed E-state index contributed by atoms with van der Waals surface area (Å²) in [5, 5.41) is 16.6. The Bertz CT molecular complexity index is 549. The summed E-state index contributed by atoms with van der Waals surface area (Å²) in [6.07, 6.45) is 3.58. The molecule has 0 fully saturated rings. The Morgan fingerprint density at radius 2 is 2.17 bits per heavy atom. The normalized spacial score (nSPS) is 10.5. The average Bonchev–Trinajstić information content (AvgIpc) is 2.77. The summed E-state index contributed by atoms with van der Waals surface area (Å²) in [6, 6.07) is 7.94. The van der Waals surface area contributed by atoms with E-state index in [-0.39, 0.29) is 6.42 Å². The summed E-state index contributed by atoms with van der Waals surface area (Å²) in [5.41, 5.74) is 2.61. The molecule has 18 heavy (non-hydrogen) atoms. The molecule has 0 aliphatic heterocycles. The molecule has 1 N–H and O–H groups in total. The number of aryl methyl sites for hydroxylation is 1. The zero-order valence-corrected chi connectivity index (χ0v) is 10.2. The molecule has 0 bridgehead atoms. The number of rotatable bonds is 5. The second-order valence-electron chi connectivity index (χ2n) is 4.10. The fourth-order valence-electron chi connectivity index (χ4n) is 1.87. The van der Waals surface area contributed by atoms with Crippen LogP contribution in [0, 0.1) is 0 Å². The van der Waals surface area contributed by atoms with Gasteiger partial charge in [0.15, 0.2) is 0 Å². The molecule has 0 aliphatic carbocycles. The van der Waals surface area contributed by atoms with Crippen molar-refractivity contribution in [3.05, 3.63) is 41.7 Å². The Hall–Kier alpha value is -2.17. The number of carbonyl (C=O) groups is 1. The van der Waals surface area contributed by atoms with Gasteiger partial charge >= 0.3 is 5.97 Å². The lowest BCUT2D eigenvalue weighted by Gasteiger charge is -2.07. The van der Waals surface area contributed by atoms with E-state index in [1.165, 1.54) is 5.56 Å². The Morgan fingerprint density at radius 1 is 1.39 bits per heavy atom. The highest BCUT2D eigenvalue weighted by molar-refractivity contribution is 5.69. The number of nitrogens with zero attached hydrogens (tertiary/aromatic N) is 3. The lowest BCUT2D eigenvalue weighted by Crippen LogP contribution is -2.01. The molecule has 94 valence electrons. The van der Waals surface area contributed by atoms with E-state index in [4.69, 9.17) is 5.11 Å². The number of carboxylic acid groups (broad SMARTS) is 1.